The summed E-state index contributed by atoms with van der Waals surface area (Å²) in [6, 6.07) is 5.23. The van der Waals surface area contributed by atoms with Crippen LogP contribution in [-0.2, 0) is 15.1 Å². The van der Waals surface area contributed by atoms with Crippen molar-refractivity contribution in [2.45, 2.75) is 12.5 Å². The fraction of sp³-hybridized carbons (Fsp3) is 0.273. The molecule has 0 aromatic heterocycles. The van der Waals surface area contributed by atoms with Crippen molar-refractivity contribution in [2.75, 3.05) is 7.11 Å². The van der Waals surface area contributed by atoms with Gasteiger partial charge in [0.25, 0.3) is 0 Å². The summed E-state index contributed by atoms with van der Waals surface area (Å²) in [6.07, 6.45) is 0. The van der Waals surface area contributed by atoms with Gasteiger partial charge >= 0.3 is 11.5 Å². The van der Waals surface area contributed by atoms with Gasteiger partial charge < -0.3 is 4.74 Å². The number of rotatable bonds is 2. The summed E-state index contributed by atoms with van der Waals surface area (Å²) >= 11 is 0. The Morgan fingerprint density at radius 1 is 1.47 bits per heavy atom. The SMILES string of the molecule is [C-]#[N+]C(C)(C(=O)OC)c1ccc(F)cc1. The van der Waals surface area contributed by atoms with Crippen LogP contribution in [0.15, 0.2) is 24.3 Å². The Hall–Kier alpha value is -1.89. The first-order chi connectivity index (χ1) is 7.04. The molecule has 0 saturated heterocycles. The van der Waals surface area contributed by atoms with E-state index >= 15 is 0 Å². The average Bonchev–Trinajstić information content (AvgIpc) is 2.27. The van der Waals surface area contributed by atoms with Gasteiger partial charge in [-0.05, 0) is 24.3 Å². The normalized spacial score (nSPS) is 13.7. The zero-order valence-corrected chi connectivity index (χ0v) is 8.45. The van der Waals surface area contributed by atoms with Crippen LogP contribution in [0, 0.1) is 12.4 Å². The zero-order valence-electron chi connectivity index (χ0n) is 8.45. The lowest BCUT2D eigenvalue weighted by Gasteiger charge is -2.14. The van der Waals surface area contributed by atoms with E-state index in [2.05, 4.69) is 9.58 Å². The standard InChI is InChI=1S/C11H10FNO2/c1-11(13-2,10(14)15-3)8-4-6-9(12)7-5-8/h4-7H,1,3H3. The molecule has 0 N–H and O–H groups in total. The third-order valence-electron chi connectivity index (χ3n) is 2.21. The monoisotopic (exact) mass is 207 g/mol. The second-order valence-corrected chi connectivity index (χ2v) is 3.18. The number of benzene rings is 1. The van der Waals surface area contributed by atoms with Crippen LogP contribution < -0.4 is 0 Å². The summed E-state index contributed by atoms with van der Waals surface area (Å²) in [5, 5.41) is 0. The molecule has 1 atom stereocenters. The molecule has 3 nitrogen and oxygen atoms in total. The molecule has 0 aliphatic carbocycles. The number of nitrogens with zero attached hydrogens (tertiary/aromatic N) is 1. The van der Waals surface area contributed by atoms with Crippen LogP contribution in [-0.4, -0.2) is 13.1 Å². The minimum Gasteiger partial charge on any atom is -0.463 e. The molecule has 1 unspecified atom stereocenters. The molecule has 0 aliphatic heterocycles. The van der Waals surface area contributed by atoms with Gasteiger partial charge in [0.15, 0.2) is 0 Å². The predicted molar refractivity (Wildman–Crippen MR) is 52.4 cm³/mol. The zero-order chi connectivity index (χ0) is 11.5. The Kier molecular flexibility index (Phi) is 3.05. The lowest BCUT2D eigenvalue weighted by Crippen LogP contribution is -2.30. The number of ether oxygens (including phenoxy) is 1. The van der Waals surface area contributed by atoms with Gasteiger partial charge in [-0.2, -0.15) is 0 Å². The molecule has 1 aromatic carbocycles. The summed E-state index contributed by atoms with van der Waals surface area (Å²) in [4.78, 5) is 14.7. The minimum atomic E-state index is -1.40. The Morgan fingerprint density at radius 3 is 2.40 bits per heavy atom. The van der Waals surface area contributed by atoms with E-state index in [4.69, 9.17) is 6.57 Å². The molecule has 0 aliphatic rings. The van der Waals surface area contributed by atoms with Crippen LogP contribution in [0.1, 0.15) is 12.5 Å². The van der Waals surface area contributed by atoms with Gasteiger partial charge in [0.1, 0.15) is 5.82 Å². The van der Waals surface area contributed by atoms with Crippen molar-refractivity contribution in [3.8, 4) is 0 Å². The second kappa shape index (κ2) is 4.09. The Balaban J connectivity index is 3.19. The molecule has 0 radical (unpaired) electrons. The van der Waals surface area contributed by atoms with Crippen molar-refractivity contribution in [1.29, 1.82) is 0 Å². The maximum atomic E-state index is 12.7. The van der Waals surface area contributed by atoms with E-state index in [1.807, 2.05) is 0 Å². The fourth-order valence-electron chi connectivity index (χ4n) is 1.20. The highest BCUT2D eigenvalue weighted by Gasteiger charge is 2.43. The fourth-order valence-corrected chi connectivity index (χ4v) is 1.20. The van der Waals surface area contributed by atoms with Crippen molar-refractivity contribution < 1.29 is 13.9 Å². The van der Waals surface area contributed by atoms with Crippen LogP contribution >= 0.6 is 0 Å². The number of carbonyl (C=O) groups is 1. The van der Waals surface area contributed by atoms with E-state index < -0.39 is 17.3 Å². The largest absolute Gasteiger partial charge is 0.463 e. The molecule has 0 saturated carbocycles. The predicted octanol–water partition coefficient (Wildman–Crippen LogP) is 2.13. The second-order valence-electron chi connectivity index (χ2n) is 3.18. The van der Waals surface area contributed by atoms with Crippen molar-refractivity contribution in [3.63, 3.8) is 0 Å². The quantitative estimate of drug-likeness (QED) is 0.549. The topological polar surface area (TPSA) is 30.7 Å². The molecule has 0 bridgehead atoms. The number of hydrogen-bond donors (Lipinski definition) is 0. The molecular formula is C11H10FNO2. The number of carbonyl (C=O) groups excluding carboxylic acids is 1. The van der Waals surface area contributed by atoms with Crippen molar-refractivity contribution in [1.82, 2.24) is 0 Å². The highest BCUT2D eigenvalue weighted by atomic mass is 19.1. The molecule has 0 heterocycles. The molecule has 78 valence electrons. The van der Waals surface area contributed by atoms with Crippen LogP contribution in [0.3, 0.4) is 0 Å². The van der Waals surface area contributed by atoms with E-state index in [0.29, 0.717) is 5.56 Å². The highest BCUT2D eigenvalue weighted by Crippen LogP contribution is 2.27. The summed E-state index contributed by atoms with van der Waals surface area (Å²) in [7, 11) is 1.22. The van der Waals surface area contributed by atoms with Gasteiger partial charge in [0.05, 0.1) is 7.11 Å². The Bertz CT molecular complexity index is 408. The van der Waals surface area contributed by atoms with Gasteiger partial charge in [0.2, 0.25) is 0 Å². The summed E-state index contributed by atoms with van der Waals surface area (Å²) < 4.78 is 17.2. The molecular weight excluding hydrogens is 197 g/mol. The van der Waals surface area contributed by atoms with Crippen molar-refractivity contribution >= 4 is 5.97 Å². The first kappa shape index (κ1) is 11.2. The van der Waals surface area contributed by atoms with Gasteiger partial charge in [-0.15, -0.1) is 0 Å². The van der Waals surface area contributed by atoms with E-state index in [9.17, 15) is 9.18 Å². The maximum Gasteiger partial charge on any atom is 0.397 e. The van der Waals surface area contributed by atoms with E-state index in [1.165, 1.54) is 38.3 Å². The van der Waals surface area contributed by atoms with Gasteiger partial charge in [-0.3, -0.25) is 4.85 Å². The third kappa shape index (κ3) is 1.96. The molecule has 0 spiro atoms. The molecule has 1 aromatic rings. The van der Waals surface area contributed by atoms with Crippen molar-refractivity contribution in [3.05, 3.63) is 47.1 Å². The highest BCUT2D eigenvalue weighted by molar-refractivity contribution is 5.84. The third-order valence-corrected chi connectivity index (χ3v) is 2.21. The molecule has 4 heteroatoms. The van der Waals surface area contributed by atoms with Crippen molar-refractivity contribution in [2.24, 2.45) is 0 Å². The van der Waals surface area contributed by atoms with E-state index in [-0.39, 0.29) is 0 Å². The van der Waals surface area contributed by atoms with Gasteiger partial charge in [-0.1, -0.05) is 0 Å². The maximum absolute atomic E-state index is 12.7. The van der Waals surface area contributed by atoms with E-state index in [1.54, 1.807) is 0 Å². The summed E-state index contributed by atoms with van der Waals surface area (Å²) in [5.74, 6) is -1.06. The lowest BCUT2D eigenvalue weighted by molar-refractivity contribution is -0.145. The molecule has 0 amide bonds. The summed E-state index contributed by atoms with van der Waals surface area (Å²) in [6.45, 7) is 8.46. The van der Waals surface area contributed by atoms with Gasteiger partial charge in [0, 0.05) is 12.5 Å². The van der Waals surface area contributed by atoms with Gasteiger partial charge in [-0.25, -0.2) is 15.8 Å². The molecule has 1 rings (SSSR count). The minimum absolute atomic E-state index is 0.407. The average molecular weight is 207 g/mol. The smallest absolute Gasteiger partial charge is 0.397 e. The lowest BCUT2D eigenvalue weighted by atomic mass is 9.93. The Labute approximate surface area is 87.3 Å². The molecule has 15 heavy (non-hydrogen) atoms. The van der Waals surface area contributed by atoms with Crippen LogP contribution in [0.2, 0.25) is 0 Å². The number of hydrogen-bond acceptors (Lipinski definition) is 2. The van der Waals surface area contributed by atoms with Crippen LogP contribution in [0.4, 0.5) is 4.39 Å². The van der Waals surface area contributed by atoms with Crippen LogP contribution in [0.5, 0.6) is 0 Å². The van der Waals surface area contributed by atoms with Crippen LogP contribution in [0.25, 0.3) is 4.85 Å². The number of methoxy groups -OCH3 is 1. The molecule has 0 fully saturated rings. The Morgan fingerprint density at radius 2 is 2.00 bits per heavy atom. The van der Waals surface area contributed by atoms with E-state index in [0.717, 1.165) is 0 Å². The summed E-state index contributed by atoms with van der Waals surface area (Å²) in [5.41, 5.74) is -0.978. The first-order valence-electron chi connectivity index (χ1n) is 4.27. The number of esters is 1. The number of halogens is 1. The first-order valence-corrected chi connectivity index (χ1v) is 4.27.